The second-order valence-electron chi connectivity index (χ2n) is 8.53. The van der Waals surface area contributed by atoms with Crippen LogP contribution in [0.15, 0.2) is 94.7 Å². The second kappa shape index (κ2) is 10.8. The lowest BCUT2D eigenvalue weighted by Gasteiger charge is -2.26. The Morgan fingerprint density at radius 1 is 0.526 bits per heavy atom. The molecule has 38 heavy (non-hydrogen) atoms. The van der Waals surface area contributed by atoms with Gasteiger partial charge in [-0.2, -0.15) is 0 Å². The molecular formula is C28H26N2O6S2-2. The highest BCUT2D eigenvalue weighted by atomic mass is 32.2. The Labute approximate surface area is 223 Å². The van der Waals surface area contributed by atoms with Crippen molar-refractivity contribution in [1.82, 2.24) is 0 Å². The van der Waals surface area contributed by atoms with Gasteiger partial charge >= 0.3 is 0 Å². The Kier molecular flexibility index (Phi) is 7.66. The smallest absolute Gasteiger partial charge is 0.123 e. The summed E-state index contributed by atoms with van der Waals surface area (Å²) in [6.07, 6.45) is 0. The molecule has 0 aliphatic carbocycles. The third kappa shape index (κ3) is 5.92. The van der Waals surface area contributed by atoms with Crippen molar-refractivity contribution < 1.29 is 26.3 Å². The molecule has 0 saturated carbocycles. The van der Waals surface area contributed by atoms with Gasteiger partial charge in [0.05, 0.1) is 24.0 Å². The fraction of sp³-hybridized carbons (Fsp3) is 0.143. The number of ether oxygens (including phenoxy) is 2. The van der Waals surface area contributed by atoms with Crippen molar-refractivity contribution in [3.05, 3.63) is 106 Å². The summed E-state index contributed by atoms with van der Waals surface area (Å²) in [6.45, 7) is 3.74. The first-order valence-electron chi connectivity index (χ1n) is 11.5. The summed E-state index contributed by atoms with van der Waals surface area (Å²) in [4.78, 5) is 0.165. The summed E-state index contributed by atoms with van der Waals surface area (Å²) in [5.41, 5.74) is 3.54. The molecule has 10 heteroatoms. The monoisotopic (exact) mass is 550 g/mol. The maximum atomic E-state index is 12.8. The van der Waals surface area contributed by atoms with Crippen LogP contribution in [0.25, 0.3) is 20.6 Å². The Morgan fingerprint density at radius 2 is 0.868 bits per heavy atom. The van der Waals surface area contributed by atoms with Gasteiger partial charge in [0.2, 0.25) is 0 Å². The van der Waals surface area contributed by atoms with Crippen LogP contribution in [0.4, 0.5) is 11.4 Å². The van der Waals surface area contributed by atoms with E-state index in [4.69, 9.17) is 9.47 Å². The molecule has 0 spiro atoms. The molecule has 0 radical (unpaired) electrons. The van der Waals surface area contributed by atoms with Crippen LogP contribution in [-0.4, -0.2) is 31.1 Å². The Bertz CT molecular complexity index is 1540. The fourth-order valence-corrected chi connectivity index (χ4v) is 5.64. The number of methoxy groups -OCH3 is 2. The standard InChI is InChI=1S/C28H26N2O6S2/c1-19-5-11-23(12-6-19)37(31,32)29-25-15-9-21(17-27(25)35-3)22-10-16-26(28(18-22)36-4)30-38(33,34)24-13-7-20(2)8-14-24/h5-18H,1-4H3/q-2. The number of rotatable bonds is 9. The second-order valence-corrected chi connectivity index (χ2v) is 11.7. The summed E-state index contributed by atoms with van der Waals surface area (Å²) in [7, 11) is -5.04. The van der Waals surface area contributed by atoms with Crippen LogP contribution in [0, 0.1) is 13.8 Å². The molecule has 0 fully saturated rings. The predicted molar refractivity (Wildman–Crippen MR) is 148 cm³/mol. The van der Waals surface area contributed by atoms with Crippen molar-refractivity contribution in [2.45, 2.75) is 23.6 Å². The van der Waals surface area contributed by atoms with E-state index in [0.717, 1.165) is 11.1 Å². The van der Waals surface area contributed by atoms with Crippen molar-refractivity contribution in [2.24, 2.45) is 0 Å². The first kappa shape index (κ1) is 27.0. The Hall–Kier alpha value is -4.02. The number of sulfonamides is 2. The van der Waals surface area contributed by atoms with Crippen LogP contribution in [-0.2, 0) is 20.0 Å². The van der Waals surface area contributed by atoms with Crippen LogP contribution in [0.3, 0.4) is 0 Å². The quantitative estimate of drug-likeness (QED) is 0.227. The molecule has 0 atom stereocenters. The average Bonchev–Trinajstić information content (AvgIpc) is 2.89. The largest absolute Gasteiger partial charge is 0.570 e. The molecule has 0 aromatic heterocycles. The third-order valence-corrected chi connectivity index (χ3v) is 8.38. The van der Waals surface area contributed by atoms with Gasteiger partial charge in [-0.3, -0.25) is 0 Å². The van der Waals surface area contributed by atoms with Gasteiger partial charge in [-0.1, -0.05) is 71.0 Å². The van der Waals surface area contributed by atoms with Gasteiger partial charge in [0.25, 0.3) is 0 Å². The van der Waals surface area contributed by atoms with Gasteiger partial charge in [0.15, 0.2) is 0 Å². The molecule has 8 nitrogen and oxygen atoms in total. The van der Waals surface area contributed by atoms with Crippen molar-refractivity contribution in [3.8, 4) is 22.6 Å². The predicted octanol–water partition coefficient (Wildman–Crippen LogP) is 6.78. The van der Waals surface area contributed by atoms with E-state index in [1.807, 2.05) is 13.8 Å². The zero-order valence-corrected chi connectivity index (χ0v) is 22.9. The molecule has 0 aliphatic heterocycles. The lowest BCUT2D eigenvalue weighted by atomic mass is 10.0. The molecule has 0 heterocycles. The molecule has 198 valence electrons. The highest BCUT2D eigenvalue weighted by molar-refractivity contribution is 7.94. The van der Waals surface area contributed by atoms with Crippen molar-refractivity contribution in [2.75, 3.05) is 14.2 Å². The molecule has 0 bridgehead atoms. The van der Waals surface area contributed by atoms with Crippen molar-refractivity contribution in [3.63, 3.8) is 0 Å². The number of nitrogens with zero attached hydrogens (tertiary/aromatic N) is 2. The summed E-state index contributed by atoms with van der Waals surface area (Å²) in [6, 6.07) is 22.6. The van der Waals surface area contributed by atoms with E-state index in [2.05, 4.69) is 9.44 Å². The van der Waals surface area contributed by atoms with Crippen LogP contribution >= 0.6 is 0 Å². The molecular weight excluding hydrogens is 524 g/mol. The van der Waals surface area contributed by atoms with Crippen molar-refractivity contribution in [1.29, 1.82) is 0 Å². The number of hydrogen-bond donors (Lipinski definition) is 0. The van der Waals surface area contributed by atoms with E-state index in [1.54, 1.807) is 60.7 Å². The molecule has 4 aromatic carbocycles. The van der Waals surface area contributed by atoms with Crippen LogP contribution in [0.2, 0.25) is 0 Å². The average molecular weight is 551 g/mol. The third-order valence-electron chi connectivity index (χ3n) is 5.77. The van der Waals surface area contributed by atoms with Gasteiger partial charge < -0.3 is 18.9 Å². The van der Waals surface area contributed by atoms with E-state index in [-0.39, 0.29) is 32.7 Å². The molecule has 4 aromatic rings. The zero-order chi connectivity index (χ0) is 27.5. The normalized spacial score (nSPS) is 11.6. The zero-order valence-electron chi connectivity index (χ0n) is 21.2. The Balaban J connectivity index is 1.61. The lowest BCUT2D eigenvalue weighted by molar-refractivity contribution is 0.416. The van der Waals surface area contributed by atoms with E-state index < -0.39 is 20.0 Å². The fourth-order valence-electron chi connectivity index (χ4n) is 3.65. The minimum absolute atomic E-state index is 0.0823. The highest BCUT2D eigenvalue weighted by Crippen LogP contribution is 2.42. The molecule has 0 aliphatic rings. The number of aryl methyl sites for hydroxylation is 2. The summed E-state index contributed by atoms with van der Waals surface area (Å²) >= 11 is 0. The van der Waals surface area contributed by atoms with Gasteiger partial charge in [-0.25, -0.2) is 16.8 Å². The van der Waals surface area contributed by atoms with Gasteiger partial charge in [0, 0.05) is 0 Å². The molecule has 0 saturated heterocycles. The highest BCUT2D eigenvalue weighted by Gasteiger charge is 2.11. The van der Waals surface area contributed by atoms with E-state index >= 15 is 0 Å². The van der Waals surface area contributed by atoms with Crippen LogP contribution < -0.4 is 9.47 Å². The maximum Gasteiger partial charge on any atom is 0.123 e. The van der Waals surface area contributed by atoms with Crippen LogP contribution in [0.5, 0.6) is 11.5 Å². The number of benzene rings is 4. The van der Waals surface area contributed by atoms with E-state index in [0.29, 0.717) is 11.1 Å². The first-order chi connectivity index (χ1) is 18.0. The molecule has 4 rings (SSSR count). The molecule has 0 amide bonds. The van der Waals surface area contributed by atoms with Gasteiger partial charge in [-0.05, 0) is 61.4 Å². The number of hydrogen-bond acceptors (Lipinski definition) is 6. The van der Waals surface area contributed by atoms with Crippen molar-refractivity contribution >= 4 is 31.4 Å². The van der Waals surface area contributed by atoms with E-state index in [1.165, 1.54) is 38.5 Å². The van der Waals surface area contributed by atoms with E-state index in [9.17, 15) is 16.8 Å². The molecule has 0 unspecified atom stereocenters. The summed E-state index contributed by atoms with van der Waals surface area (Å²) < 4.78 is 69.9. The lowest BCUT2D eigenvalue weighted by Crippen LogP contribution is -1.99. The Morgan fingerprint density at radius 3 is 1.18 bits per heavy atom. The van der Waals surface area contributed by atoms with Gasteiger partial charge in [0.1, 0.15) is 31.5 Å². The SMILES string of the molecule is COc1cc(-c2ccc([N-]S(=O)(=O)c3ccc(C)cc3)c(OC)c2)ccc1[N-]S(=O)(=O)c1ccc(C)cc1. The minimum atomic E-state index is -3.94. The topological polar surface area (TPSA) is 115 Å². The van der Waals surface area contributed by atoms with Gasteiger partial charge in [-0.15, -0.1) is 0 Å². The first-order valence-corrected chi connectivity index (χ1v) is 14.4. The molecule has 0 N–H and O–H groups in total. The maximum absolute atomic E-state index is 12.8. The summed E-state index contributed by atoms with van der Waals surface area (Å²) in [5.74, 6) is 0.515. The summed E-state index contributed by atoms with van der Waals surface area (Å²) in [5, 5.41) is 0. The minimum Gasteiger partial charge on any atom is -0.570 e. The van der Waals surface area contributed by atoms with Crippen LogP contribution in [0.1, 0.15) is 11.1 Å².